The van der Waals surface area contributed by atoms with Gasteiger partial charge in [0, 0.05) is 22.7 Å². The largest absolute Gasteiger partial charge is 0.308 e. The third kappa shape index (κ3) is 1.99. The lowest BCUT2D eigenvalue weighted by Gasteiger charge is -2.22. The van der Waals surface area contributed by atoms with Crippen molar-refractivity contribution in [3.63, 3.8) is 0 Å². The van der Waals surface area contributed by atoms with Crippen LogP contribution in [0.3, 0.4) is 0 Å². The molecule has 0 amide bonds. The first-order valence-electron chi connectivity index (χ1n) is 6.32. The number of fused-ring (bicyclic) bond motifs is 1. The summed E-state index contributed by atoms with van der Waals surface area (Å²) in [4.78, 5) is 4.48. The van der Waals surface area contributed by atoms with Crippen LogP contribution in [0.15, 0.2) is 42.9 Å². The molecule has 2 aromatic heterocycles. The fourth-order valence-corrected chi connectivity index (χ4v) is 2.19. The molecule has 0 radical (unpaired) electrons. The van der Waals surface area contributed by atoms with Gasteiger partial charge in [-0.1, -0.05) is 18.2 Å². The smallest absolute Gasteiger partial charge is 0.166 e. The van der Waals surface area contributed by atoms with Crippen LogP contribution in [0.25, 0.3) is 22.3 Å². The van der Waals surface area contributed by atoms with Crippen LogP contribution < -0.4 is 0 Å². The lowest BCUT2D eigenvalue weighted by atomic mass is 10.1. The number of nitrogens with zero attached hydrogens (tertiary/aromatic N) is 4. The summed E-state index contributed by atoms with van der Waals surface area (Å²) in [5.41, 5.74) is 1.92. The van der Waals surface area contributed by atoms with Crippen LogP contribution in [0.1, 0.15) is 20.8 Å². The highest BCUT2D eigenvalue weighted by Gasteiger charge is 2.20. The monoisotopic (exact) mass is 252 g/mol. The number of benzene rings is 1. The van der Waals surface area contributed by atoms with Gasteiger partial charge in [-0.25, -0.2) is 0 Å². The Hall–Kier alpha value is -2.23. The lowest BCUT2D eigenvalue weighted by Crippen LogP contribution is -2.22. The zero-order chi connectivity index (χ0) is 13.5. The molecule has 0 aliphatic rings. The molecule has 1 aromatic carbocycles. The maximum atomic E-state index is 4.48. The molecule has 0 unspecified atom stereocenters. The normalized spacial score (nSPS) is 11.9. The van der Waals surface area contributed by atoms with Crippen molar-refractivity contribution in [2.24, 2.45) is 0 Å². The Morgan fingerprint density at radius 1 is 1.05 bits per heavy atom. The van der Waals surface area contributed by atoms with Crippen molar-refractivity contribution in [1.29, 1.82) is 0 Å². The highest BCUT2D eigenvalue weighted by molar-refractivity contribution is 5.91. The molecule has 0 aliphatic carbocycles. The molecule has 96 valence electrons. The molecular weight excluding hydrogens is 236 g/mol. The van der Waals surface area contributed by atoms with Crippen molar-refractivity contribution in [3.05, 3.63) is 42.9 Å². The maximum Gasteiger partial charge on any atom is 0.166 e. The maximum absolute atomic E-state index is 4.48. The van der Waals surface area contributed by atoms with E-state index in [4.69, 9.17) is 0 Å². The molecule has 0 spiro atoms. The molecule has 4 nitrogen and oxygen atoms in total. The van der Waals surface area contributed by atoms with Crippen LogP contribution in [0, 0.1) is 0 Å². The molecule has 0 saturated carbocycles. The van der Waals surface area contributed by atoms with Crippen LogP contribution >= 0.6 is 0 Å². The van der Waals surface area contributed by atoms with E-state index in [0.717, 1.165) is 22.3 Å². The van der Waals surface area contributed by atoms with Gasteiger partial charge in [0.1, 0.15) is 6.33 Å². The SMILES string of the molecule is CC(C)(C)n1cnnc1-c1cccc2cccnc12. The minimum atomic E-state index is -0.0597. The Morgan fingerprint density at radius 3 is 2.63 bits per heavy atom. The number of para-hydroxylation sites is 1. The Bertz CT molecular complexity index is 717. The van der Waals surface area contributed by atoms with Gasteiger partial charge in [0.25, 0.3) is 0 Å². The van der Waals surface area contributed by atoms with Gasteiger partial charge in [-0.2, -0.15) is 0 Å². The van der Waals surface area contributed by atoms with E-state index in [9.17, 15) is 0 Å². The van der Waals surface area contributed by atoms with E-state index in [1.165, 1.54) is 0 Å². The van der Waals surface area contributed by atoms with Gasteiger partial charge in [-0.15, -0.1) is 10.2 Å². The summed E-state index contributed by atoms with van der Waals surface area (Å²) in [7, 11) is 0. The van der Waals surface area contributed by atoms with Crippen LogP contribution in [-0.2, 0) is 5.54 Å². The van der Waals surface area contributed by atoms with Gasteiger partial charge in [0.2, 0.25) is 0 Å². The van der Waals surface area contributed by atoms with Crippen molar-refractivity contribution < 1.29 is 0 Å². The molecule has 0 N–H and O–H groups in total. The third-order valence-corrected chi connectivity index (χ3v) is 3.14. The number of rotatable bonds is 1. The summed E-state index contributed by atoms with van der Waals surface area (Å²) in [5, 5.41) is 9.45. The summed E-state index contributed by atoms with van der Waals surface area (Å²) in [6.45, 7) is 6.41. The molecule has 19 heavy (non-hydrogen) atoms. The highest BCUT2D eigenvalue weighted by Crippen LogP contribution is 2.28. The molecule has 0 aliphatic heterocycles. The Morgan fingerprint density at radius 2 is 1.84 bits per heavy atom. The first-order valence-corrected chi connectivity index (χ1v) is 6.32. The van der Waals surface area contributed by atoms with Crippen molar-refractivity contribution in [1.82, 2.24) is 19.7 Å². The number of aromatic nitrogens is 4. The topological polar surface area (TPSA) is 43.6 Å². The fourth-order valence-electron chi connectivity index (χ4n) is 2.19. The van der Waals surface area contributed by atoms with Gasteiger partial charge in [-0.05, 0) is 32.9 Å². The highest BCUT2D eigenvalue weighted by atomic mass is 15.3. The Balaban J connectivity index is 2.29. The van der Waals surface area contributed by atoms with Gasteiger partial charge in [-0.3, -0.25) is 4.98 Å². The summed E-state index contributed by atoms with van der Waals surface area (Å²) < 4.78 is 2.08. The molecule has 0 bridgehead atoms. The second kappa shape index (κ2) is 4.16. The van der Waals surface area contributed by atoms with Crippen molar-refractivity contribution >= 4 is 10.9 Å². The quantitative estimate of drug-likeness (QED) is 0.667. The molecule has 0 atom stereocenters. The summed E-state index contributed by atoms with van der Waals surface area (Å²) >= 11 is 0. The van der Waals surface area contributed by atoms with Crippen LogP contribution in [0.4, 0.5) is 0 Å². The van der Waals surface area contributed by atoms with E-state index in [-0.39, 0.29) is 5.54 Å². The van der Waals surface area contributed by atoms with E-state index >= 15 is 0 Å². The minimum Gasteiger partial charge on any atom is -0.308 e. The predicted octanol–water partition coefficient (Wildman–Crippen LogP) is 3.25. The molecular formula is C15H16N4. The average molecular weight is 252 g/mol. The number of pyridine rings is 1. The molecule has 0 saturated heterocycles. The van der Waals surface area contributed by atoms with E-state index in [0.29, 0.717) is 0 Å². The summed E-state index contributed by atoms with van der Waals surface area (Å²) in [6, 6.07) is 10.1. The molecule has 3 aromatic rings. The van der Waals surface area contributed by atoms with Crippen LogP contribution in [0.5, 0.6) is 0 Å². The molecule has 3 rings (SSSR count). The van der Waals surface area contributed by atoms with Gasteiger partial charge in [0.15, 0.2) is 5.82 Å². The van der Waals surface area contributed by atoms with E-state index in [2.05, 4.69) is 52.7 Å². The predicted molar refractivity (Wildman–Crippen MR) is 75.8 cm³/mol. The van der Waals surface area contributed by atoms with Crippen LogP contribution in [-0.4, -0.2) is 19.7 Å². The van der Waals surface area contributed by atoms with Gasteiger partial charge >= 0.3 is 0 Å². The number of hydrogen-bond donors (Lipinski definition) is 0. The van der Waals surface area contributed by atoms with E-state index in [1.54, 1.807) is 6.33 Å². The Labute approximate surface area is 112 Å². The minimum absolute atomic E-state index is 0.0597. The van der Waals surface area contributed by atoms with Gasteiger partial charge in [0.05, 0.1) is 5.52 Å². The molecule has 4 heteroatoms. The third-order valence-electron chi connectivity index (χ3n) is 3.14. The average Bonchev–Trinajstić information content (AvgIpc) is 2.87. The van der Waals surface area contributed by atoms with E-state index in [1.807, 2.05) is 24.4 Å². The lowest BCUT2D eigenvalue weighted by molar-refractivity contribution is 0.400. The first kappa shape index (κ1) is 11.8. The van der Waals surface area contributed by atoms with Gasteiger partial charge < -0.3 is 4.57 Å². The zero-order valence-electron chi connectivity index (χ0n) is 11.3. The Kier molecular flexibility index (Phi) is 2.59. The standard InChI is InChI=1S/C15H16N4/c1-15(2,3)19-10-17-18-14(19)12-8-4-6-11-7-5-9-16-13(11)12/h4-10H,1-3H3. The number of hydrogen-bond acceptors (Lipinski definition) is 3. The molecule has 2 heterocycles. The first-order chi connectivity index (χ1) is 9.07. The summed E-state index contributed by atoms with van der Waals surface area (Å²) in [5.74, 6) is 0.858. The van der Waals surface area contributed by atoms with Crippen LogP contribution in [0.2, 0.25) is 0 Å². The van der Waals surface area contributed by atoms with Crippen molar-refractivity contribution in [2.75, 3.05) is 0 Å². The van der Waals surface area contributed by atoms with E-state index < -0.39 is 0 Å². The second-order valence-electron chi connectivity index (χ2n) is 5.58. The van der Waals surface area contributed by atoms with Crippen molar-refractivity contribution in [2.45, 2.75) is 26.3 Å². The zero-order valence-corrected chi connectivity index (χ0v) is 11.3. The summed E-state index contributed by atoms with van der Waals surface area (Å²) in [6.07, 6.45) is 3.58. The molecule has 0 fully saturated rings. The van der Waals surface area contributed by atoms with Crippen molar-refractivity contribution in [3.8, 4) is 11.4 Å². The fraction of sp³-hybridized carbons (Fsp3) is 0.267. The second-order valence-corrected chi connectivity index (χ2v) is 5.58.